The van der Waals surface area contributed by atoms with E-state index in [-0.39, 0.29) is 6.35 Å². The summed E-state index contributed by atoms with van der Waals surface area (Å²) in [4.78, 5) is 4.78. The van der Waals surface area contributed by atoms with Crippen LogP contribution in [0.5, 0.6) is 5.75 Å². The standard InChI is InChI=1S/C13H18N2O/c1-2-15-11-7-3-4-8-12(11)16-13(15)14-9-5-6-10-14/h3-4,7-8,13H,2,5-6,9-10H2,1H3. The molecule has 1 aromatic rings. The third-order valence-corrected chi connectivity index (χ3v) is 3.47. The largest absolute Gasteiger partial charge is 0.455 e. The van der Waals surface area contributed by atoms with Gasteiger partial charge in [0.25, 0.3) is 0 Å². The van der Waals surface area contributed by atoms with E-state index in [0.29, 0.717) is 0 Å². The van der Waals surface area contributed by atoms with Crippen molar-refractivity contribution in [3.05, 3.63) is 24.3 Å². The van der Waals surface area contributed by atoms with Gasteiger partial charge in [0.1, 0.15) is 5.75 Å². The number of rotatable bonds is 2. The number of nitrogens with zero attached hydrogens (tertiary/aromatic N) is 2. The molecule has 1 unspecified atom stereocenters. The molecule has 86 valence electrons. The lowest BCUT2D eigenvalue weighted by atomic mass is 10.3. The Morgan fingerprint density at radius 1 is 1.25 bits per heavy atom. The van der Waals surface area contributed by atoms with Gasteiger partial charge in [-0.25, -0.2) is 0 Å². The predicted molar refractivity (Wildman–Crippen MR) is 64.7 cm³/mol. The van der Waals surface area contributed by atoms with E-state index in [1.54, 1.807) is 0 Å². The molecule has 0 N–H and O–H groups in total. The van der Waals surface area contributed by atoms with E-state index in [4.69, 9.17) is 4.74 Å². The molecular weight excluding hydrogens is 200 g/mol. The summed E-state index contributed by atoms with van der Waals surface area (Å²) in [6, 6.07) is 8.33. The first kappa shape index (κ1) is 9.97. The smallest absolute Gasteiger partial charge is 0.232 e. The summed E-state index contributed by atoms with van der Waals surface area (Å²) < 4.78 is 6.05. The highest BCUT2D eigenvalue weighted by Crippen LogP contribution is 2.38. The van der Waals surface area contributed by atoms with Crippen LogP contribution in [0.2, 0.25) is 0 Å². The second-order valence-corrected chi connectivity index (χ2v) is 4.44. The van der Waals surface area contributed by atoms with Crippen LogP contribution in [0, 0.1) is 0 Å². The zero-order valence-electron chi connectivity index (χ0n) is 9.72. The predicted octanol–water partition coefficient (Wildman–Crippen LogP) is 2.28. The highest BCUT2D eigenvalue weighted by molar-refractivity contribution is 5.61. The monoisotopic (exact) mass is 218 g/mol. The SMILES string of the molecule is CCN1c2ccccc2OC1N1CCCC1. The molecule has 3 rings (SSSR count). The van der Waals surface area contributed by atoms with Crippen LogP contribution >= 0.6 is 0 Å². The number of fused-ring (bicyclic) bond motifs is 1. The van der Waals surface area contributed by atoms with Gasteiger partial charge < -0.3 is 9.64 Å². The van der Waals surface area contributed by atoms with E-state index in [1.807, 2.05) is 6.07 Å². The second kappa shape index (κ2) is 3.98. The maximum atomic E-state index is 6.05. The molecule has 0 saturated carbocycles. The fourth-order valence-corrected chi connectivity index (χ4v) is 2.65. The third kappa shape index (κ3) is 1.47. The van der Waals surface area contributed by atoms with Crippen molar-refractivity contribution in [2.75, 3.05) is 24.5 Å². The van der Waals surface area contributed by atoms with Gasteiger partial charge in [-0.15, -0.1) is 0 Å². The highest BCUT2D eigenvalue weighted by atomic mass is 16.5. The number of likely N-dealkylation sites (tertiary alicyclic amines) is 1. The zero-order chi connectivity index (χ0) is 11.0. The van der Waals surface area contributed by atoms with E-state index in [2.05, 4.69) is 34.9 Å². The molecule has 3 heteroatoms. The van der Waals surface area contributed by atoms with Crippen LogP contribution in [0.3, 0.4) is 0 Å². The molecule has 0 radical (unpaired) electrons. The number of benzene rings is 1. The van der Waals surface area contributed by atoms with Gasteiger partial charge in [0.2, 0.25) is 6.35 Å². The van der Waals surface area contributed by atoms with Crippen LogP contribution in [0.15, 0.2) is 24.3 Å². The van der Waals surface area contributed by atoms with Gasteiger partial charge in [-0.2, -0.15) is 0 Å². The number of anilines is 1. The van der Waals surface area contributed by atoms with Gasteiger partial charge >= 0.3 is 0 Å². The Hall–Kier alpha value is -1.22. The maximum Gasteiger partial charge on any atom is 0.232 e. The fraction of sp³-hybridized carbons (Fsp3) is 0.538. The van der Waals surface area contributed by atoms with Crippen molar-refractivity contribution in [3.63, 3.8) is 0 Å². The lowest BCUT2D eigenvalue weighted by Gasteiger charge is -2.30. The van der Waals surface area contributed by atoms with E-state index in [0.717, 1.165) is 25.4 Å². The van der Waals surface area contributed by atoms with E-state index >= 15 is 0 Å². The summed E-state index contributed by atoms with van der Waals surface area (Å²) >= 11 is 0. The molecule has 2 heterocycles. The summed E-state index contributed by atoms with van der Waals surface area (Å²) in [5, 5.41) is 0. The number of ether oxygens (including phenoxy) is 1. The van der Waals surface area contributed by atoms with Gasteiger partial charge in [-0.05, 0) is 31.9 Å². The minimum Gasteiger partial charge on any atom is -0.455 e. The Morgan fingerprint density at radius 3 is 2.75 bits per heavy atom. The molecule has 0 aromatic heterocycles. The Bertz CT molecular complexity index is 374. The van der Waals surface area contributed by atoms with Crippen molar-refractivity contribution in [1.82, 2.24) is 4.90 Å². The maximum absolute atomic E-state index is 6.05. The topological polar surface area (TPSA) is 15.7 Å². The van der Waals surface area contributed by atoms with Crippen molar-refractivity contribution < 1.29 is 4.74 Å². The average molecular weight is 218 g/mol. The lowest BCUT2D eigenvalue weighted by molar-refractivity contribution is 0.0584. The zero-order valence-corrected chi connectivity index (χ0v) is 9.72. The van der Waals surface area contributed by atoms with Gasteiger partial charge in [0, 0.05) is 19.6 Å². The van der Waals surface area contributed by atoms with Crippen LogP contribution in [0.1, 0.15) is 19.8 Å². The first-order chi connectivity index (χ1) is 7.90. The first-order valence-electron chi connectivity index (χ1n) is 6.16. The Labute approximate surface area is 96.6 Å². The summed E-state index contributed by atoms with van der Waals surface area (Å²) in [7, 11) is 0. The molecule has 3 nitrogen and oxygen atoms in total. The molecular formula is C13H18N2O. The fourth-order valence-electron chi connectivity index (χ4n) is 2.65. The minimum absolute atomic E-state index is 0.130. The van der Waals surface area contributed by atoms with Crippen LogP contribution in [-0.4, -0.2) is 30.9 Å². The molecule has 0 spiro atoms. The Kier molecular flexibility index (Phi) is 2.48. The highest BCUT2D eigenvalue weighted by Gasteiger charge is 2.35. The van der Waals surface area contributed by atoms with Crippen molar-refractivity contribution in [3.8, 4) is 5.75 Å². The second-order valence-electron chi connectivity index (χ2n) is 4.44. The molecule has 0 aliphatic carbocycles. The van der Waals surface area contributed by atoms with Crippen LogP contribution < -0.4 is 9.64 Å². The molecule has 1 saturated heterocycles. The molecule has 2 aliphatic rings. The van der Waals surface area contributed by atoms with Crippen molar-refractivity contribution in [1.29, 1.82) is 0 Å². The van der Waals surface area contributed by atoms with Gasteiger partial charge in [0.05, 0.1) is 5.69 Å². The summed E-state index contributed by atoms with van der Waals surface area (Å²) in [5.74, 6) is 1.03. The normalized spacial score (nSPS) is 24.6. The van der Waals surface area contributed by atoms with Crippen molar-refractivity contribution in [2.24, 2.45) is 0 Å². The van der Waals surface area contributed by atoms with Gasteiger partial charge in [-0.1, -0.05) is 12.1 Å². The summed E-state index contributed by atoms with van der Waals surface area (Å²) in [6.45, 7) is 5.51. The third-order valence-electron chi connectivity index (χ3n) is 3.47. The van der Waals surface area contributed by atoms with Crippen LogP contribution in [-0.2, 0) is 0 Å². The van der Waals surface area contributed by atoms with Crippen LogP contribution in [0.4, 0.5) is 5.69 Å². The Balaban J connectivity index is 1.88. The molecule has 16 heavy (non-hydrogen) atoms. The lowest BCUT2D eigenvalue weighted by Crippen LogP contribution is -2.47. The molecule has 2 aliphatic heterocycles. The quantitative estimate of drug-likeness (QED) is 0.757. The number of hydrogen-bond donors (Lipinski definition) is 0. The first-order valence-corrected chi connectivity index (χ1v) is 6.16. The summed E-state index contributed by atoms with van der Waals surface area (Å²) in [5.41, 5.74) is 1.24. The Morgan fingerprint density at radius 2 is 2.00 bits per heavy atom. The van der Waals surface area contributed by atoms with Gasteiger partial charge in [0.15, 0.2) is 0 Å². The molecule has 1 atom stereocenters. The van der Waals surface area contributed by atoms with E-state index in [1.165, 1.54) is 18.5 Å². The number of para-hydroxylation sites is 2. The van der Waals surface area contributed by atoms with E-state index < -0.39 is 0 Å². The van der Waals surface area contributed by atoms with Crippen molar-refractivity contribution >= 4 is 5.69 Å². The van der Waals surface area contributed by atoms with E-state index in [9.17, 15) is 0 Å². The van der Waals surface area contributed by atoms with Crippen molar-refractivity contribution in [2.45, 2.75) is 26.1 Å². The average Bonchev–Trinajstić information content (AvgIpc) is 2.95. The number of hydrogen-bond acceptors (Lipinski definition) is 3. The molecule has 1 fully saturated rings. The minimum atomic E-state index is 0.130. The molecule has 1 aromatic carbocycles. The summed E-state index contributed by atoms with van der Waals surface area (Å²) in [6.07, 6.45) is 2.73. The van der Waals surface area contributed by atoms with Crippen LogP contribution in [0.25, 0.3) is 0 Å². The van der Waals surface area contributed by atoms with Gasteiger partial charge in [-0.3, -0.25) is 4.90 Å². The molecule has 0 amide bonds. The molecule has 0 bridgehead atoms.